The van der Waals surface area contributed by atoms with Crippen LogP contribution in [0.25, 0.3) is 0 Å². The maximum Gasteiger partial charge on any atom is 0.416 e. The number of hydrogen-bond donors (Lipinski definition) is 1. The number of carboxylic acids is 2. The molecule has 2 aromatic rings. The van der Waals surface area contributed by atoms with Crippen LogP contribution in [-0.2, 0) is 25.3 Å². The first kappa shape index (κ1) is 29.4. The lowest BCUT2D eigenvalue weighted by Crippen LogP contribution is -2.77. The second-order valence-corrected chi connectivity index (χ2v) is 9.78. The minimum Gasteiger partial charge on any atom is -0.549 e. The second-order valence-electron chi connectivity index (χ2n) is 9.78. The number of carbonyl (C=O) groups excluding carboxylic acids is 3. The van der Waals surface area contributed by atoms with Crippen molar-refractivity contribution in [2.75, 3.05) is 12.0 Å². The average Bonchev–Trinajstić information content (AvgIpc) is 2.89. The zero-order valence-corrected chi connectivity index (χ0v) is 21.5. The highest BCUT2D eigenvalue weighted by Crippen LogP contribution is 2.60. The Balaban J connectivity index is 2.47. The van der Waals surface area contributed by atoms with Gasteiger partial charge < -0.3 is 35.2 Å². The summed E-state index contributed by atoms with van der Waals surface area (Å²) in [6, 6.07) is 9.66. The fourth-order valence-electron chi connectivity index (χ4n) is 5.95. The van der Waals surface area contributed by atoms with E-state index in [1.54, 1.807) is 0 Å². The fourth-order valence-corrected chi connectivity index (χ4v) is 5.95. The van der Waals surface area contributed by atoms with Crippen molar-refractivity contribution in [1.29, 1.82) is 5.26 Å². The minimum atomic E-state index is -4.77. The van der Waals surface area contributed by atoms with Crippen molar-refractivity contribution in [3.63, 3.8) is 0 Å². The standard InChI is InChI=1S/C27H28F3N3O6/c1-14(21(34)39-4)26(24(37)38)15(2)33(19-7-5-6-18(12-19)27(28,29)30)22(32)25(3,23(35)36)20(26)17-10-8-16(13-31)9-11-17/h5-12,14-15,20,22H,32H2,1-4H3,(H,35,36)(H,37,38)/p-2/t14-,15?,20?,22?,25?,26?/m1/s1. The highest BCUT2D eigenvalue weighted by molar-refractivity contribution is 5.89. The molecular weight excluding hydrogens is 519 g/mol. The number of anilines is 1. The van der Waals surface area contributed by atoms with Crippen molar-refractivity contribution in [2.45, 2.75) is 45.1 Å². The number of nitriles is 1. The number of halogens is 3. The molecule has 1 aliphatic rings. The summed E-state index contributed by atoms with van der Waals surface area (Å²) in [5, 5.41) is 35.4. The van der Waals surface area contributed by atoms with Crippen molar-refractivity contribution >= 4 is 23.6 Å². The highest BCUT2D eigenvalue weighted by Gasteiger charge is 2.66. The Morgan fingerprint density at radius 2 is 1.72 bits per heavy atom. The lowest BCUT2D eigenvalue weighted by Gasteiger charge is -2.65. The molecule has 6 atom stereocenters. The van der Waals surface area contributed by atoms with Crippen LogP contribution in [0.1, 0.15) is 43.4 Å². The summed E-state index contributed by atoms with van der Waals surface area (Å²) in [5.41, 5.74) is 0.717. The van der Waals surface area contributed by atoms with Crippen LogP contribution >= 0.6 is 0 Å². The van der Waals surface area contributed by atoms with Crippen LogP contribution < -0.4 is 20.8 Å². The van der Waals surface area contributed by atoms with Crippen molar-refractivity contribution < 1.29 is 42.5 Å². The van der Waals surface area contributed by atoms with Gasteiger partial charge in [-0.2, -0.15) is 18.4 Å². The van der Waals surface area contributed by atoms with Crippen LogP contribution in [-0.4, -0.2) is 37.2 Å². The number of piperidine rings is 1. The molecule has 39 heavy (non-hydrogen) atoms. The summed E-state index contributed by atoms with van der Waals surface area (Å²) >= 11 is 0. The number of benzene rings is 2. The van der Waals surface area contributed by atoms with Crippen LogP contribution in [0.15, 0.2) is 48.5 Å². The van der Waals surface area contributed by atoms with E-state index in [-0.39, 0.29) is 16.8 Å². The van der Waals surface area contributed by atoms with Crippen LogP contribution in [0, 0.1) is 28.1 Å². The number of methoxy groups -OCH3 is 1. The smallest absolute Gasteiger partial charge is 0.416 e. The minimum absolute atomic E-state index is 0.0895. The van der Waals surface area contributed by atoms with Gasteiger partial charge in [0.05, 0.1) is 53.7 Å². The summed E-state index contributed by atoms with van der Waals surface area (Å²) < 4.78 is 45.6. The molecule has 1 aliphatic heterocycles. The van der Waals surface area contributed by atoms with E-state index in [4.69, 9.17) is 10.5 Å². The summed E-state index contributed by atoms with van der Waals surface area (Å²) in [4.78, 5) is 40.1. The van der Waals surface area contributed by atoms with Gasteiger partial charge in [0.1, 0.15) is 0 Å². The molecule has 0 aromatic heterocycles. The van der Waals surface area contributed by atoms with Crippen LogP contribution in [0.3, 0.4) is 0 Å². The molecule has 1 saturated heterocycles. The van der Waals surface area contributed by atoms with Crippen LogP contribution in [0.5, 0.6) is 0 Å². The first-order chi connectivity index (χ1) is 18.1. The van der Waals surface area contributed by atoms with E-state index >= 15 is 0 Å². The van der Waals surface area contributed by atoms with E-state index in [2.05, 4.69) is 0 Å². The third-order valence-corrected chi connectivity index (χ3v) is 8.01. The van der Waals surface area contributed by atoms with Gasteiger partial charge in [0, 0.05) is 23.1 Å². The Morgan fingerprint density at radius 1 is 1.13 bits per heavy atom. The normalized spacial score (nSPS) is 27.8. The first-order valence-electron chi connectivity index (χ1n) is 11.8. The SMILES string of the molecule is COC(=O)[C@@H](C)C1(C(=O)[O-])C(C)N(c2cccc(C(F)(F)F)c2)C(N)C(C)(C(=O)[O-])C1c1ccc(C#N)cc1. The van der Waals surface area contributed by atoms with Gasteiger partial charge in [-0.1, -0.05) is 32.0 Å². The number of alkyl halides is 3. The Kier molecular flexibility index (Phi) is 7.72. The molecule has 0 aliphatic carbocycles. The predicted octanol–water partition coefficient (Wildman–Crippen LogP) is 1.16. The first-order valence-corrected chi connectivity index (χ1v) is 11.8. The number of hydrogen-bond acceptors (Lipinski definition) is 9. The molecule has 0 amide bonds. The third-order valence-electron chi connectivity index (χ3n) is 8.01. The molecule has 0 bridgehead atoms. The van der Waals surface area contributed by atoms with Gasteiger partial charge in [-0.25, -0.2) is 0 Å². The van der Waals surface area contributed by atoms with Crippen molar-refractivity contribution in [3.8, 4) is 6.07 Å². The maximum atomic E-state index is 13.6. The van der Waals surface area contributed by atoms with Crippen LogP contribution in [0.2, 0.25) is 0 Å². The molecule has 2 N–H and O–H groups in total. The molecule has 208 valence electrons. The molecule has 1 fully saturated rings. The molecule has 0 saturated carbocycles. The van der Waals surface area contributed by atoms with E-state index in [1.165, 1.54) is 44.2 Å². The van der Waals surface area contributed by atoms with Gasteiger partial charge in [0.15, 0.2) is 0 Å². The molecule has 0 spiro atoms. The number of esters is 1. The van der Waals surface area contributed by atoms with Gasteiger partial charge in [0.2, 0.25) is 0 Å². The van der Waals surface area contributed by atoms with Crippen molar-refractivity contribution in [3.05, 3.63) is 65.2 Å². The number of carboxylic acid groups (broad SMARTS) is 2. The van der Waals surface area contributed by atoms with Gasteiger partial charge in [-0.15, -0.1) is 0 Å². The number of carbonyl (C=O) groups is 3. The summed E-state index contributed by atoms with van der Waals surface area (Å²) in [5.74, 6) is -7.88. The van der Waals surface area contributed by atoms with Crippen molar-refractivity contribution in [2.24, 2.45) is 22.5 Å². The third kappa shape index (κ3) is 4.46. The fraction of sp³-hybridized carbons (Fsp3) is 0.407. The van der Waals surface area contributed by atoms with Gasteiger partial charge >= 0.3 is 12.1 Å². The average molecular weight is 546 g/mol. The van der Waals surface area contributed by atoms with E-state index in [0.717, 1.165) is 37.1 Å². The predicted molar refractivity (Wildman–Crippen MR) is 127 cm³/mol. The zero-order valence-electron chi connectivity index (χ0n) is 21.5. The van der Waals surface area contributed by atoms with Gasteiger partial charge in [-0.05, 0) is 42.8 Å². The molecule has 1 heterocycles. The highest BCUT2D eigenvalue weighted by atomic mass is 19.4. The Labute approximate surface area is 222 Å². The van der Waals surface area contributed by atoms with E-state index in [9.17, 15) is 43.0 Å². The number of nitrogens with two attached hydrogens (primary N) is 1. The summed E-state index contributed by atoms with van der Waals surface area (Å²) in [6.45, 7) is 3.65. The molecule has 3 rings (SSSR count). The number of nitrogens with zero attached hydrogens (tertiary/aromatic N) is 2. The second kappa shape index (κ2) is 10.2. The zero-order chi connectivity index (χ0) is 29.5. The Hall–Kier alpha value is -4.11. The lowest BCUT2D eigenvalue weighted by molar-refractivity contribution is -0.336. The molecule has 5 unspecified atom stereocenters. The number of rotatable bonds is 6. The summed E-state index contributed by atoms with van der Waals surface area (Å²) in [7, 11) is 1.01. The molecule has 2 aromatic carbocycles. The lowest BCUT2D eigenvalue weighted by atomic mass is 9.49. The Bertz CT molecular complexity index is 1330. The summed E-state index contributed by atoms with van der Waals surface area (Å²) in [6.07, 6.45) is -6.41. The molecule has 9 nitrogen and oxygen atoms in total. The van der Waals surface area contributed by atoms with Crippen LogP contribution in [0.4, 0.5) is 18.9 Å². The maximum absolute atomic E-state index is 13.6. The van der Waals surface area contributed by atoms with Crippen molar-refractivity contribution in [1.82, 2.24) is 0 Å². The number of ether oxygens (including phenoxy) is 1. The van der Waals surface area contributed by atoms with Gasteiger partial charge in [-0.3, -0.25) is 4.79 Å². The molecule has 0 radical (unpaired) electrons. The largest absolute Gasteiger partial charge is 0.549 e. The van der Waals surface area contributed by atoms with E-state index < -0.39 is 64.5 Å². The van der Waals surface area contributed by atoms with E-state index in [0.29, 0.717) is 0 Å². The molecular formula is C27H26F3N3O6-2. The van der Waals surface area contributed by atoms with Gasteiger partial charge in [0.25, 0.3) is 0 Å². The Morgan fingerprint density at radius 3 is 2.18 bits per heavy atom. The topological polar surface area (TPSA) is 160 Å². The number of aliphatic carboxylic acids is 2. The van der Waals surface area contributed by atoms with E-state index in [1.807, 2.05) is 6.07 Å². The monoisotopic (exact) mass is 545 g/mol. The molecule has 12 heteroatoms. The quantitative estimate of drug-likeness (QED) is 0.526.